The molecule has 92 valence electrons. The zero-order valence-electron chi connectivity index (χ0n) is 9.70. The standard InChI is InChI=1S/C12H14INO3/c1-8(7-11(15)17-2)14-12(16)9-5-3-4-6-10(9)13/h3-6,8H,7H2,1-2H3,(H,14,16). The zero-order chi connectivity index (χ0) is 12.8. The predicted molar refractivity (Wildman–Crippen MR) is 72.7 cm³/mol. The van der Waals surface area contributed by atoms with E-state index >= 15 is 0 Å². The number of ether oxygens (including phenoxy) is 1. The molecule has 4 nitrogen and oxygen atoms in total. The molecule has 1 rings (SSSR count). The van der Waals surface area contributed by atoms with Crippen LogP contribution >= 0.6 is 22.6 Å². The molecule has 1 aromatic carbocycles. The van der Waals surface area contributed by atoms with Crippen molar-refractivity contribution in [3.05, 3.63) is 33.4 Å². The van der Waals surface area contributed by atoms with Gasteiger partial charge in [-0.2, -0.15) is 0 Å². The van der Waals surface area contributed by atoms with Crippen molar-refractivity contribution >= 4 is 34.5 Å². The summed E-state index contributed by atoms with van der Waals surface area (Å²) < 4.78 is 5.42. The van der Waals surface area contributed by atoms with E-state index in [0.29, 0.717) is 5.56 Å². The minimum absolute atomic E-state index is 0.172. The van der Waals surface area contributed by atoms with Crippen molar-refractivity contribution in [3.8, 4) is 0 Å². The molecule has 0 radical (unpaired) electrons. The van der Waals surface area contributed by atoms with Gasteiger partial charge in [0.2, 0.25) is 0 Å². The minimum atomic E-state index is -0.333. The van der Waals surface area contributed by atoms with Crippen molar-refractivity contribution in [2.45, 2.75) is 19.4 Å². The van der Waals surface area contributed by atoms with Crippen LogP contribution in [0, 0.1) is 3.57 Å². The van der Waals surface area contributed by atoms with Gasteiger partial charge in [-0.3, -0.25) is 9.59 Å². The maximum absolute atomic E-state index is 11.9. The third-order valence-corrected chi connectivity index (χ3v) is 3.14. The average molecular weight is 347 g/mol. The minimum Gasteiger partial charge on any atom is -0.469 e. The molecule has 0 fully saturated rings. The molecule has 17 heavy (non-hydrogen) atoms. The van der Waals surface area contributed by atoms with Crippen molar-refractivity contribution in [2.24, 2.45) is 0 Å². The fourth-order valence-corrected chi connectivity index (χ4v) is 1.96. The second-order valence-electron chi connectivity index (χ2n) is 3.63. The lowest BCUT2D eigenvalue weighted by Crippen LogP contribution is -2.34. The van der Waals surface area contributed by atoms with Crippen molar-refractivity contribution in [1.29, 1.82) is 0 Å². The predicted octanol–water partition coefficient (Wildman–Crippen LogP) is 1.97. The monoisotopic (exact) mass is 347 g/mol. The van der Waals surface area contributed by atoms with E-state index in [-0.39, 0.29) is 24.3 Å². The van der Waals surface area contributed by atoms with Crippen LogP contribution in [0.5, 0.6) is 0 Å². The number of carbonyl (C=O) groups excluding carboxylic acids is 2. The quantitative estimate of drug-likeness (QED) is 0.669. The van der Waals surface area contributed by atoms with Crippen LogP contribution < -0.4 is 5.32 Å². The lowest BCUT2D eigenvalue weighted by atomic mass is 10.2. The SMILES string of the molecule is COC(=O)CC(C)NC(=O)c1ccccc1I. The molecule has 0 saturated heterocycles. The Bertz CT molecular complexity index is 420. The second kappa shape index (κ2) is 6.58. The Hall–Kier alpha value is -1.11. The Morgan fingerprint density at radius 1 is 1.41 bits per heavy atom. The highest BCUT2D eigenvalue weighted by Crippen LogP contribution is 2.11. The zero-order valence-corrected chi connectivity index (χ0v) is 11.9. The van der Waals surface area contributed by atoms with Crippen LogP contribution in [0.25, 0.3) is 0 Å². The molecular weight excluding hydrogens is 333 g/mol. The molecule has 0 aromatic heterocycles. The Morgan fingerprint density at radius 3 is 2.65 bits per heavy atom. The van der Waals surface area contributed by atoms with Crippen LogP contribution in [-0.2, 0) is 9.53 Å². The van der Waals surface area contributed by atoms with E-state index in [9.17, 15) is 9.59 Å². The highest BCUT2D eigenvalue weighted by molar-refractivity contribution is 14.1. The molecular formula is C12H14INO3. The summed E-state index contributed by atoms with van der Waals surface area (Å²) in [6.07, 6.45) is 0.172. The van der Waals surface area contributed by atoms with Gasteiger partial charge in [-0.1, -0.05) is 12.1 Å². The number of methoxy groups -OCH3 is 1. The highest BCUT2D eigenvalue weighted by atomic mass is 127. The molecule has 0 spiro atoms. The third-order valence-electron chi connectivity index (χ3n) is 2.20. The lowest BCUT2D eigenvalue weighted by Gasteiger charge is -2.13. The van der Waals surface area contributed by atoms with E-state index in [2.05, 4.69) is 32.6 Å². The van der Waals surface area contributed by atoms with Gasteiger partial charge in [0, 0.05) is 9.61 Å². The number of benzene rings is 1. The normalized spacial score (nSPS) is 11.7. The van der Waals surface area contributed by atoms with E-state index in [0.717, 1.165) is 3.57 Å². The van der Waals surface area contributed by atoms with E-state index in [4.69, 9.17) is 0 Å². The summed E-state index contributed by atoms with van der Waals surface area (Å²) in [5, 5.41) is 2.76. The number of hydrogen-bond donors (Lipinski definition) is 1. The smallest absolute Gasteiger partial charge is 0.307 e. The number of hydrogen-bond acceptors (Lipinski definition) is 3. The van der Waals surface area contributed by atoms with Crippen LogP contribution in [0.3, 0.4) is 0 Å². The summed E-state index contributed by atoms with van der Waals surface area (Å²) in [5.74, 6) is -0.507. The molecule has 1 atom stereocenters. The Balaban J connectivity index is 2.61. The first-order valence-electron chi connectivity index (χ1n) is 5.16. The van der Waals surface area contributed by atoms with Crippen LogP contribution in [0.2, 0.25) is 0 Å². The molecule has 1 N–H and O–H groups in total. The molecule has 1 unspecified atom stereocenters. The molecule has 0 aliphatic carbocycles. The van der Waals surface area contributed by atoms with E-state index < -0.39 is 0 Å². The van der Waals surface area contributed by atoms with Crippen LogP contribution in [0.1, 0.15) is 23.7 Å². The number of esters is 1. The Morgan fingerprint density at radius 2 is 2.06 bits per heavy atom. The highest BCUT2D eigenvalue weighted by Gasteiger charge is 2.14. The number of halogens is 1. The van der Waals surface area contributed by atoms with Crippen molar-refractivity contribution in [3.63, 3.8) is 0 Å². The van der Waals surface area contributed by atoms with Gasteiger partial charge in [-0.25, -0.2) is 0 Å². The van der Waals surface area contributed by atoms with Crippen molar-refractivity contribution in [2.75, 3.05) is 7.11 Å². The average Bonchev–Trinajstić information content (AvgIpc) is 2.29. The first kappa shape index (κ1) is 14.0. The fourth-order valence-electron chi connectivity index (χ4n) is 1.33. The molecule has 0 aliphatic heterocycles. The molecule has 1 aromatic rings. The topological polar surface area (TPSA) is 55.4 Å². The van der Waals surface area contributed by atoms with Gasteiger partial charge in [-0.15, -0.1) is 0 Å². The fraction of sp³-hybridized carbons (Fsp3) is 0.333. The Kier molecular flexibility index (Phi) is 5.40. The summed E-state index contributed by atoms with van der Waals surface area (Å²) in [5.41, 5.74) is 0.616. The lowest BCUT2D eigenvalue weighted by molar-refractivity contribution is -0.141. The summed E-state index contributed by atoms with van der Waals surface area (Å²) >= 11 is 2.10. The second-order valence-corrected chi connectivity index (χ2v) is 4.80. The maximum Gasteiger partial charge on any atom is 0.307 e. The third kappa shape index (κ3) is 4.33. The maximum atomic E-state index is 11.9. The molecule has 0 bridgehead atoms. The van der Waals surface area contributed by atoms with Gasteiger partial charge in [-0.05, 0) is 41.6 Å². The van der Waals surface area contributed by atoms with Crippen molar-refractivity contribution in [1.82, 2.24) is 5.32 Å². The molecule has 0 saturated carbocycles. The molecule has 0 aliphatic rings. The van der Waals surface area contributed by atoms with Gasteiger partial charge in [0.25, 0.3) is 5.91 Å². The first-order chi connectivity index (χ1) is 8.04. The van der Waals surface area contributed by atoms with Gasteiger partial charge in [0.1, 0.15) is 0 Å². The van der Waals surface area contributed by atoms with Crippen LogP contribution in [0.4, 0.5) is 0 Å². The number of nitrogens with one attached hydrogen (secondary N) is 1. The molecule has 1 amide bonds. The van der Waals surface area contributed by atoms with E-state index in [1.54, 1.807) is 13.0 Å². The summed E-state index contributed by atoms with van der Waals surface area (Å²) in [4.78, 5) is 22.9. The van der Waals surface area contributed by atoms with Gasteiger partial charge < -0.3 is 10.1 Å². The van der Waals surface area contributed by atoms with E-state index in [1.165, 1.54) is 7.11 Å². The number of amides is 1. The summed E-state index contributed by atoms with van der Waals surface area (Å²) in [7, 11) is 1.33. The van der Waals surface area contributed by atoms with Crippen LogP contribution in [0.15, 0.2) is 24.3 Å². The first-order valence-corrected chi connectivity index (χ1v) is 6.24. The summed E-state index contributed by atoms with van der Waals surface area (Å²) in [6, 6.07) is 7.05. The van der Waals surface area contributed by atoms with Gasteiger partial charge >= 0.3 is 5.97 Å². The molecule has 5 heteroatoms. The van der Waals surface area contributed by atoms with E-state index in [1.807, 2.05) is 18.2 Å². The largest absolute Gasteiger partial charge is 0.469 e. The Labute approximate surface area is 114 Å². The number of rotatable bonds is 4. The van der Waals surface area contributed by atoms with Crippen LogP contribution in [-0.4, -0.2) is 25.0 Å². The molecule has 0 heterocycles. The van der Waals surface area contributed by atoms with Crippen molar-refractivity contribution < 1.29 is 14.3 Å². The summed E-state index contributed by atoms with van der Waals surface area (Å²) in [6.45, 7) is 1.77. The number of carbonyl (C=O) groups is 2. The van der Waals surface area contributed by atoms with Gasteiger partial charge in [0.05, 0.1) is 19.1 Å². The van der Waals surface area contributed by atoms with Gasteiger partial charge in [0.15, 0.2) is 0 Å².